The summed E-state index contributed by atoms with van der Waals surface area (Å²) in [6, 6.07) is 13.0. The SMILES string of the molecule is CC(=O)N1c2ccc(-c3ccc(C(=O)N4CC[C@H](O)C4)cc3)cc2N(C(O)OC(C)C)C[C@@H]1C. The Morgan fingerprint density at radius 2 is 1.71 bits per heavy atom. The number of rotatable bonds is 5. The number of likely N-dealkylation sites (tertiary alicyclic amines) is 1. The number of benzene rings is 2. The molecular formula is C26H33N3O5. The number of hydrogen-bond donors (Lipinski definition) is 2. The van der Waals surface area contributed by atoms with Crippen LogP contribution < -0.4 is 9.80 Å². The Balaban J connectivity index is 1.65. The minimum Gasteiger partial charge on any atom is -0.391 e. The lowest BCUT2D eigenvalue weighted by Gasteiger charge is -2.43. The zero-order chi connectivity index (χ0) is 24.6. The average molecular weight is 468 g/mol. The van der Waals surface area contributed by atoms with E-state index < -0.39 is 12.5 Å². The molecule has 34 heavy (non-hydrogen) atoms. The highest BCUT2D eigenvalue weighted by molar-refractivity contribution is 5.98. The minimum absolute atomic E-state index is 0.0599. The monoisotopic (exact) mass is 467 g/mol. The molecule has 1 unspecified atom stereocenters. The summed E-state index contributed by atoms with van der Waals surface area (Å²) in [4.78, 5) is 30.3. The minimum atomic E-state index is -1.14. The highest BCUT2D eigenvalue weighted by atomic mass is 16.6. The van der Waals surface area contributed by atoms with Crippen molar-refractivity contribution in [3.8, 4) is 11.1 Å². The number of ether oxygens (including phenoxy) is 1. The molecular weight excluding hydrogens is 434 g/mol. The number of anilines is 2. The van der Waals surface area contributed by atoms with Gasteiger partial charge in [-0.2, -0.15) is 0 Å². The van der Waals surface area contributed by atoms with Crippen molar-refractivity contribution in [2.75, 3.05) is 29.4 Å². The molecule has 2 aromatic carbocycles. The van der Waals surface area contributed by atoms with Crippen molar-refractivity contribution in [1.82, 2.24) is 4.90 Å². The zero-order valence-corrected chi connectivity index (χ0v) is 20.1. The van der Waals surface area contributed by atoms with E-state index in [2.05, 4.69) is 0 Å². The van der Waals surface area contributed by atoms with E-state index in [1.165, 1.54) is 0 Å². The molecule has 4 rings (SSSR count). The van der Waals surface area contributed by atoms with Gasteiger partial charge in [0.15, 0.2) is 0 Å². The van der Waals surface area contributed by atoms with Crippen molar-refractivity contribution < 1.29 is 24.5 Å². The number of aliphatic hydroxyl groups excluding tert-OH is 2. The third-order valence-corrected chi connectivity index (χ3v) is 6.36. The number of β-amino-alcohol motifs (C(OH)–C–C–N with tert-alkyl or cyclic N) is 1. The molecule has 0 aliphatic carbocycles. The van der Waals surface area contributed by atoms with E-state index in [9.17, 15) is 19.8 Å². The quantitative estimate of drug-likeness (QED) is 0.657. The van der Waals surface area contributed by atoms with Gasteiger partial charge in [0, 0.05) is 32.1 Å². The van der Waals surface area contributed by atoms with E-state index in [4.69, 9.17) is 4.74 Å². The van der Waals surface area contributed by atoms with Gasteiger partial charge >= 0.3 is 0 Å². The van der Waals surface area contributed by atoms with Gasteiger partial charge in [-0.25, -0.2) is 0 Å². The first-order valence-corrected chi connectivity index (χ1v) is 11.8. The van der Waals surface area contributed by atoms with Crippen LogP contribution in [-0.4, -0.2) is 71.2 Å². The predicted molar refractivity (Wildman–Crippen MR) is 131 cm³/mol. The van der Waals surface area contributed by atoms with Crippen LogP contribution in [-0.2, 0) is 9.53 Å². The van der Waals surface area contributed by atoms with Crippen LogP contribution >= 0.6 is 0 Å². The molecule has 0 radical (unpaired) electrons. The standard InChI is InChI=1S/C26H33N3O5/c1-16(2)34-26(33)28-14-17(3)29(18(4)30)23-10-9-21(13-24(23)28)19-5-7-20(8-6-19)25(32)27-12-11-22(31)15-27/h5-10,13,16-17,22,26,31,33H,11-12,14-15H2,1-4H3/t17-,22-,26?/m0/s1. The maximum Gasteiger partial charge on any atom is 0.253 e. The lowest BCUT2D eigenvalue weighted by Crippen LogP contribution is -2.53. The molecule has 2 amide bonds. The third kappa shape index (κ3) is 4.80. The van der Waals surface area contributed by atoms with Gasteiger partial charge in [-0.3, -0.25) is 9.59 Å². The first-order valence-electron chi connectivity index (χ1n) is 11.8. The number of fused-ring (bicyclic) bond motifs is 1. The summed E-state index contributed by atoms with van der Waals surface area (Å²) in [5.74, 6) is -0.143. The first-order chi connectivity index (χ1) is 16.2. The van der Waals surface area contributed by atoms with Crippen molar-refractivity contribution in [1.29, 1.82) is 0 Å². The number of carbonyl (C=O) groups is 2. The fourth-order valence-corrected chi connectivity index (χ4v) is 4.76. The Bertz CT molecular complexity index is 1050. The lowest BCUT2D eigenvalue weighted by molar-refractivity contribution is -0.127. The van der Waals surface area contributed by atoms with E-state index in [0.717, 1.165) is 16.8 Å². The van der Waals surface area contributed by atoms with Gasteiger partial charge in [0.1, 0.15) is 0 Å². The highest BCUT2D eigenvalue weighted by Crippen LogP contribution is 2.39. The summed E-state index contributed by atoms with van der Waals surface area (Å²) in [5.41, 5.74) is 3.82. The van der Waals surface area contributed by atoms with Gasteiger partial charge in [-0.15, -0.1) is 0 Å². The second-order valence-electron chi connectivity index (χ2n) is 9.38. The Morgan fingerprint density at radius 3 is 2.29 bits per heavy atom. The van der Waals surface area contributed by atoms with Crippen LogP contribution in [0.4, 0.5) is 11.4 Å². The largest absolute Gasteiger partial charge is 0.391 e. The van der Waals surface area contributed by atoms with E-state index >= 15 is 0 Å². The van der Waals surface area contributed by atoms with Crippen LogP contribution in [0, 0.1) is 0 Å². The summed E-state index contributed by atoms with van der Waals surface area (Å²) in [7, 11) is 0. The molecule has 1 saturated heterocycles. The zero-order valence-electron chi connectivity index (χ0n) is 20.1. The van der Waals surface area contributed by atoms with Gasteiger partial charge in [-0.1, -0.05) is 18.2 Å². The third-order valence-electron chi connectivity index (χ3n) is 6.36. The Hall–Kier alpha value is -2.94. The van der Waals surface area contributed by atoms with Gasteiger partial charge in [0.25, 0.3) is 5.91 Å². The summed E-state index contributed by atoms with van der Waals surface area (Å²) >= 11 is 0. The van der Waals surface area contributed by atoms with E-state index in [1.807, 2.05) is 51.1 Å². The lowest BCUT2D eigenvalue weighted by atomic mass is 9.99. The number of carbonyl (C=O) groups excluding carboxylic acids is 2. The second kappa shape index (κ2) is 9.74. The number of aliphatic hydroxyl groups is 2. The van der Waals surface area contributed by atoms with Crippen LogP contribution in [0.25, 0.3) is 11.1 Å². The van der Waals surface area contributed by atoms with Crippen LogP contribution in [0.1, 0.15) is 44.5 Å². The second-order valence-corrected chi connectivity index (χ2v) is 9.38. The fraction of sp³-hybridized carbons (Fsp3) is 0.462. The molecule has 2 N–H and O–H groups in total. The summed E-state index contributed by atoms with van der Waals surface area (Å²) < 4.78 is 5.65. The molecule has 0 bridgehead atoms. The maximum absolute atomic E-state index is 12.7. The fourth-order valence-electron chi connectivity index (χ4n) is 4.76. The highest BCUT2D eigenvalue weighted by Gasteiger charge is 2.34. The Kier molecular flexibility index (Phi) is 6.93. The van der Waals surface area contributed by atoms with Crippen LogP contribution in [0.2, 0.25) is 0 Å². The van der Waals surface area contributed by atoms with E-state index in [0.29, 0.717) is 37.3 Å². The van der Waals surface area contributed by atoms with Gasteiger partial charge in [0.2, 0.25) is 12.3 Å². The van der Waals surface area contributed by atoms with E-state index in [1.54, 1.807) is 33.8 Å². The van der Waals surface area contributed by atoms with Gasteiger partial charge in [-0.05, 0) is 62.6 Å². The molecule has 2 aliphatic heterocycles. The van der Waals surface area contributed by atoms with Crippen molar-refractivity contribution in [3.05, 3.63) is 48.0 Å². The predicted octanol–water partition coefficient (Wildman–Crippen LogP) is 2.82. The van der Waals surface area contributed by atoms with Crippen molar-refractivity contribution in [3.63, 3.8) is 0 Å². The maximum atomic E-state index is 12.7. The molecule has 8 heteroatoms. The number of nitrogens with zero attached hydrogens (tertiary/aromatic N) is 3. The molecule has 2 aromatic rings. The van der Waals surface area contributed by atoms with Gasteiger partial charge in [0.05, 0.1) is 29.6 Å². The Labute approximate surface area is 200 Å². The molecule has 2 heterocycles. The molecule has 0 saturated carbocycles. The first kappa shape index (κ1) is 24.2. The number of hydrogen-bond acceptors (Lipinski definition) is 6. The average Bonchev–Trinajstić information content (AvgIpc) is 3.23. The molecule has 0 aromatic heterocycles. The molecule has 8 nitrogen and oxygen atoms in total. The van der Waals surface area contributed by atoms with Crippen LogP contribution in [0.5, 0.6) is 0 Å². The summed E-state index contributed by atoms with van der Waals surface area (Å²) in [6.45, 7) is 8.58. The van der Waals surface area contributed by atoms with E-state index in [-0.39, 0.29) is 24.0 Å². The summed E-state index contributed by atoms with van der Waals surface area (Å²) in [5, 5.41) is 20.5. The number of amides is 2. The van der Waals surface area contributed by atoms with Crippen LogP contribution in [0.15, 0.2) is 42.5 Å². The molecule has 2 aliphatic rings. The molecule has 3 atom stereocenters. The van der Waals surface area contributed by atoms with Gasteiger partial charge < -0.3 is 29.6 Å². The van der Waals surface area contributed by atoms with Crippen LogP contribution in [0.3, 0.4) is 0 Å². The molecule has 182 valence electrons. The molecule has 1 fully saturated rings. The summed E-state index contributed by atoms with van der Waals surface area (Å²) in [6.07, 6.45) is -1.14. The van der Waals surface area contributed by atoms with Crippen molar-refractivity contribution in [2.45, 2.75) is 58.8 Å². The topological polar surface area (TPSA) is 93.6 Å². The normalized spacial score (nSPS) is 21.1. The smallest absolute Gasteiger partial charge is 0.253 e. The Morgan fingerprint density at radius 1 is 1.03 bits per heavy atom. The van der Waals surface area contributed by atoms with Crippen molar-refractivity contribution in [2.24, 2.45) is 0 Å². The molecule has 0 spiro atoms. The van der Waals surface area contributed by atoms with Crippen molar-refractivity contribution >= 4 is 23.2 Å².